The van der Waals surface area contributed by atoms with E-state index in [1.165, 1.54) is 43.2 Å². The molecule has 3 rings (SSSR count). The van der Waals surface area contributed by atoms with Crippen molar-refractivity contribution in [2.24, 2.45) is 5.73 Å². The molecule has 1 aromatic carbocycles. The van der Waals surface area contributed by atoms with Gasteiger partial charge in [-0.2, -0.15) is 0 Å². The van der Waals surface area contributed by atoms with Crippen molar-refractivity contribution in [3.63, 3.8) is 0 Å². The van der Waals surface area contributed by atoms with Crippen LogP contribution >= 0.6 is 0 Å². The smallest absolute Gasteiger partial charge is 0.127 e. The molecule has 0 spiro atoms. The molecule has 0 atom stereocenters. The number of hydrogen-bond donors (Lipinski definition) is 1. The second-order valence-electron chi connectivity index (χ2n) is 6.88. The summed E-state index contributed by atoms with van der Waals surface area (Å²) in [5.74, 6) is 1.14. The summed E-state index contributed by atoms with van der Waals surface area (Å²) in [6.45, 7) is 5.09. The van der Waals surface area contributed by atoms with Crippen molar-refractivity contribution in [3.8, 4) is 5.75 Å². The second kappa shape index (κ2) is 4.52. The number of benzene rings is 1. The van der Waals surface area contributed by atoms with Crippen molar-refractivity contribution in [1.82, 2.24) is 0 Å². The Morgan fingerprint density at radius 1 is 1.16 bits per heavy atom. The Hall–Kier alpha value is -1.02. The maximum Gasteiger partial charge on any atom is 0.127 e. The van der Waals surface area contributed by atoms with E-state index in [-0.39, 0.29) is 11.0 Å². The number of rotatable bonds is 2. The van der Waals surface area contributed by atoms with Gasteiger partial charge in [0.15, 0.2) is 0 Å². The van der Waals surface area contributed by atoms with Gasteiger partial charge in [-0.05, 0) is 32.3 Å². The van der Waals surface area contributed by atoms with Crippen LogP contribution in [0.1, 0.15) is 57.1 Å². The fraction of sp³-hybridized carbons (Fsp3) is 0.647. The van der Waals surface area contributed by atoms with Gasteiger partial charge in [0.1, 0.15) is 11.4 Å². The van der Waals surface area contributed by atoms with Crippen molar-refractivity contribution in [2.75, 3.05) is 6.54 Å². The number of para-hydroxylation sites is 1. The first-order valence-corrected chi connectivity index (χ1v) is 7.58. The molecule has 1 aliphatic carbocycles. The highest BCUT2D eigenvalue weighted by Crippen LogP contribution is 2.47. The lowest BCUT2D eigenvalue weighted by atomic mass is 9.69. The Morgan fingerprint density at radius 3 is 2.58 bits per heavy atom. The molecule has 0 radical (unpaired) electrons. The molecule has 2 heteroatoms. The summed E-state index contributed by atoms with van der Waals surface area (Å²) in [6, 6.07) is 6.64. The summed E-state index contributed by atoms with van der Waals surface area (Å²) in [4.78, 5) is 0. The molecule has 1 fully saturated rings. The largest absolute Gasteiger partial charge is 0.487 e. The lowest BCUT2D eigenvalue weighted by molar-refractivity contribution is 0.133. The van der Waals surface area contributed by atoms with Gasteiger partial charge in [0.2, 0.25) is 0 Å². The highest BCUT2D eigenvalue weighted by atomic mass is 16.5. The molecular formula is C17H25NO. The molecule has 1 aliphatic heterocycles. The van der Waals surface area contributed by atoms with E-state index < -0.39 is 0 Å². The van der Waals surface area contributed by atoms with Crippen molar-refractivity contribution < 1.29 is 4.74 Å². The van der Waals surface area contributed by atoms with Gasteiger partial charge >= 0.3 is 0 Å². The van der Waals surface area contributed by atoms with E-state index in [1.54, 1.807) is 0 Å². The molecule has 0 amide bonds. The summed E-state index contributed by atoms with van der Waals surface area (Å²) in [5.41, 5.74) is 9.00. The minimum Gasteiger partial charge on any atom is -0.487 e. The number of fused-ring (bicyclic) bond motifs is 1. The van der Waals surface area contributed by atoms with E-state index in [2.05, 4.69) is 32.0 Å². The van der Waals surface area contributed by atoms with Crippen molar-refractivity contribution in [2.45, 2.75) is 63.4 Å². The predicted molar refractivity (Wildman–Crippen MR) is 78.7 cm³/mol. The van der Waals surface area contributed by atoms with Crippen LogP contribution < -0.4 is 10.5 Å². The van der Waals surface area contributed by atoms with E-state index in [0.717, 1.165) is 18.7 Å². The molecule has 1 saturated carbocycles. The average molecular weight is 259 g/mol. The zero-order valence-corrected chi connectivity index (χ0v) is 12.2. The minimum absolute atomic E-state index is 0.0666. The number of ether oxygens (including phenoxy) is 1. The summed E-state index contributed by atoms with van der Waals surface area (Å²) < 4.78 is 6.25. The molecule has 1 heterocycles. The third-order valence-electron chi connectivity index (χ3n) is 4.86. The molecule has 104 valence electrons. The maximum atomic E-state index is 6.25. The third-order valence-corrected chi connectivity index (χ3v) is 4.86. The Kier molecular flexibility index (Phi) is 3.09. The van der Waals surface area contributed by atoms with Crippen LogP contribution in [0.25, 0.3) is 0 Å². The standard InChI is InChI=1S/C17H25NO/c1-16(2)11-13-7-6-8-14(15(13)19-16)17(12-18)9-4-3-5-10-17/h6-8H,3-5,9-12,18H2,1-2H3. The van der Waals surface area contributed by atoms with E-state index in [4.69, 9.17) is 10.5 Å². The Balaban J connectivity index is 2.04. The fourth-order valence-electron chi connectivity index (χ4n) is 3.85. The topological polar surface area (TPSA) is 35.2 Å². The zero-order valence-electron chi connectivity index (χ0n) is 12.2. The van der Waals surface area contributed by atoms with Crippen LogP contribution in [0.4, 0.5) is 0 Å². The summed E-state index contributed by atoms with van der Waals surface area (Å²) in [6.07, 6.45) is 7.38. The fourth-order valence-corrected chi connectivity index (χ4v) is 3.85. The van der Waals surface area contributed by atoms with Gasteiger partial charge in [-0.25, -0.2) is 0 Å². The first kappa shape index (κ1) is 13.0. The SMILES string of the molecule is CC1(C)Cc2cccc(C3(CN)CCCCC3)c2O1. The van der Waals surface area contributed by atoms with Crippen molar-refractivity contribution in [1.29, 1.82) is 0 Å². The van der Waals surface area contributed by atoms with E-state index in [0.29, 0.717) is 0 Å². The van der Waals surface area contributed by atoms with Crippen LogP contribution in [0.3, 0.4) is 0 Å². The first-order valence-electron chi connectivity index (χ1n) is 7.58. The Bertz CT molecular complexity index is 472. The van der Waals surface area contributed by atoms with E-state index in [1.807, 2.05) is 0 Å². The van der Waals surface area contributed by atoms with Crippen LogP contribution in [0.15, 0.2) is 18.2 Å². The van der Waals surface area contributed by atoms with Gasteiger partial charge in [-0.3, -0.25) is 0 Å². The lowest BCUT2D eigenvalue weighted by Gasteiger charge is -2.38. The lowest BCUT2D eigenvalue weighted by Crippen LogP contribution is -2.37. The van der Waals surface area contributed by atoms with Gasteiger partial charge < -0.3 is 10.5 Å². The maximum absolute atomic E-state index is 6.25. The third kappa shape index (κ3) is 2.16. The molecule has 2 nitrogen and oxygen atoms in total. The second-order valence-corrected chi connectivity index (χ2v) is 6.88. The molecule has 0 bridgehead atoms. The molecule has 0 saturated heterocycles. The molecular weight excluding hydrogens is 234 g/mol. The summed E-state index contributed by atoms with van der Waals surface area (Å²) in [7, 11) is 0. The van der Waals surface area contributed by atoms with Gasteiger partial charge in [0.05, 0.1) is 0 Å². The Labute approximate surface area is 116 Å². The van der Waals surface area contributed by atoms with Crippen molar-refractivity contribution >= 4 is 0 Å². The first-order chi connectivity index (χ1) is 9.06. The van der Waals surface area contributed by atoms with Crippen LogP contribution in [0, 0.1) is 0 Å². The quantitative estimate of drug-likeness (QED) is 0.881. The zero-order chi connectivity index (χ0) is 13.5. The number of nitrogens with two attached hydrogens (primary N) is 1. The molecule has 2 aliphatic rings. The van der Waals surface area contributed by atoms with Gasteiger partial charge in [0, 0.05) is 23.9 Å². The molecule has 1 aromatic rings. The van der Waals surface area contributed by atoms with Gasteiger partial charge in [-0.1, -0.05) is 37.5 Å². The van der Waals surface area contributed by atoms with Crippen LogP contribution in [0.5, 0.6) is 5.75 Å². The van der Waals surface area contributed by atoms with Crippen LogP contribution in [-0.4, -0.2) is 12.1 Å². The molecule has 0 unspecified atom stereocenters. The van der Waals surface area contributed by atoms with Crippen LogP contribution in [0.2, 0.25) is 0 Å². The summed E-state index contributed by atoms with van der Waals surface area (Å²) in [5, 5.41) is 0. The monoisotopic (exact) mass is 259 g/mol. The predicted octanol–water partition coefficient (Wildman–Crippen LogP) is 3.56. The van der Waals surface area contributed by atoms with E-state index in [9.17, 15) is 0 Å². The highest BCUT2D eigenvalue weighted by molar-refractivity contribution is 5.49. The Morgan fingerprint density at radius 2 is 1.89 bits per heavy atom. The molecule has 0 aromatic heterocycles. The average Bonchev–Trinajstić information content (AvgIpc) is 2.73. The normalized spacial score (nSPS) is 23.7. The van der Waals surface area contributed by atoms with Gasteiger partial charge in [-0.15, -0.1) is 0 Å². The molecule has 19 heavy (non-hydrogen) atoms. The van der Waals surface area contributed by atoms with Gasteiger partial charge in [0.25, 0.3) is 0 Å². The van der Waals surface area contributed by atoms with Crippen molar-refractivity contribution in [3.05, 3.63) is 29.3 Å². The number of hydrogen-bond acceptors (Lipinski definition) is 2. The minimum atomic E-state index is -0.0666. The molecule has 2 N–H and O–H groups in total. The summed E-state index contributed by atoms with van der Waals surface area (Å²) >= 11 is 0. The highest BCUT2D eigenvalue weighted by Gasteiger charge is 2.39. The van der Waals surface area contributed by atoms with Crippen LogP contribution in [-0.2, 0) is 11.8 Å². The van der Waals surface area contributed by atoms with E-state index >= 15 is 0 Å².